The van der Waals surface area contributed by atoms with E-state index in [9.17, 15) is 4.79 Å². The van der Waals surface area contributed by atoms with Gasteiger partial charge in [-0.1, -0.05) is 6.92 Å². The summed E-state index contributed by atoms with van der Waals surface area (Å²) in [5.74, 6) is 0.736. The molecule has 1 atom stereocenters. The number of nitrogens with two attached hydrogens (primary N) is 1. The van der Waals surface area contributed by atoms with E-state index in [1.165, 1.54) is 5.69 Å². The van der Waals surface area contributed by atoms with Crippen molar-refractivity contribution in [2.45, 2.75) is 26.3 Å². The van der Waals surface area contributed by atoms with Crippen molar-refractivity contribution in [3.8, 4) is 0 Å². The Hall–Kier alpha value is -1.60. The standard InChI is InChI=1S/C14H21N5OS/c1-2-4-16-8-11-13(17-14-19(11)6-7-21-14)18-5-3-10(9-18)12(15)20/h6-7,10,16H,2-5,8-9H2,1H3,(H2,15,20). The SMILES string of the molecule is CCCNCc1c(N2CCC(C(N)=O)C2)nc2sccn12. The van der Waals surface area contributed by atoms with E-state index in [4.69, 9.17) is 10.7 Å². The van der Waals surface area contributed by atoms with Crippen LogP contribution in [0.4, 0.5) is 5.82 Å². The molecular weight excluding hydrogens is 286 g/mol. The lowest BCUT2D eigenvalue weighted by Gasteiger charge is -2.17. The summed E-state index contributed by atoms with van der Waals surface area (Å²) in [6, 6.07) is 0. The van der Waals surface area contributed by atoms with Gasteiger partial charge in [0.05, 0.1) is 11.6 Å². The number of thiazole rings is 1. The number of primary amides is 1. The van der Waals surface area contributed by atoms with Gasteiger partial charge in [-0.3, -0.25) is 9.20 Å². The van der Waals surface area contributed by atoms with E-state index in [1.54, 1.807) is 11.3 Å². The van der Waals surface area contributed by atoms with Crippen LogP contribution >= 0.6 is 11.3 Å². The van der Waals surface area contributed by atoms with Crippen LogP contribution in [0.3, 0.4) is 0 Å². The van der Waals surface area contributed by atoms with E-state index in [2.05, 4.69) is 27.7 Å². The molecule has 3 rings (SSSR count). The monoisotopic (exact) mass is 307 g/mol. The highest BCUT2D eigenvalue weighted by molar-refractivity contribution is 7.15. The van der Waals surface area contributed by atoms with Gasteiger partial charge >= 0.3 is 0 Å². The van der Waals surface area contributed by atoms with E-state index in [0.29, 0.717) is 6.54 Å². The molecule has 6 nitrogen and oxygen atoms in total. The summed E-state index contributed by atoms with van der Waals surface area (Å²) in [7, 11) is 0. The van der Waals surface area contributed by atoms with Crippen molar-refractivity contribution in [2.75, 3.05) is 24.5 Å². The number of amides is 1. The average molecular weight is 307 g/mol. The van der Waals surface area contributed by atoms with Gasteiger partial charge < -0.3 is 16.0 Å². The van der Waals surface area contributed by atoms with Gasteiger partial charge in [-0.05, 0) is 19.4 Å². The number of anilines is 1. The van der Waals surface area contributed by atoms with Crippen LogP contribution in [0.25, 0.3) is 4.96 Å². The van der Waals surface area contributed by atoms with Crippen molar-refractivity contribution in [3.63, 3.8) is 0 Å². The summed E-state index contributed by atoms with van der Waals surface area (Å²) < 4.78 is 2.14. The number of rotatable bonds is 6. The molecule has 2 aromatic heterocycles. The summed E-state index contributed by atoms with van der Waals surface area (Å²) >= 11 is 1.63. The zero-order valence-electron chi connectivity index (χ0n) is 12.2. The van der Waals surface area contributed by atoms with Crippen LogP contribution in [0.5, 0.6) is 0 Å². The second-order valence-electron chi connectivity index (χ2n) is 5.45. The summed E-state index contributed by atoms with van der Waals surface area (Å²) in [5.41, 5.74) is 6.60. The molecular formula is C14H21N5OS. The summed E-state index contributed by atoms with van der Waals surface area (Å²) in [6.07, 6.45) is 3.98. The van der Waals surface area contributed by atoms with Gasteiger partial charge in [-0.15, -0.1) is 11.3 Å². The fraction of sp³-hybridized carbons (Fsp3) is 0.571. The van der Waals surface area contributed by atoms with Crippen molar-refractivity contribution in [3.05, 3.63) is 17.3 Å². The van der Waals surface area contributed by atoms with Crippen LogP contribution in [0.1, 0.15) is 25.5 Å². The van der Waals surface area contributed by atoms with Crippen molar-refractivity contribution in [2.24, 2.45) is 11.7 Å². The first-order valence-corrected chi connectivity index (χ1v) is 8.28. The van der Waals surface area contributed by atoms with E-state index in [1.807, 2.05) is 5.38 Å². The molecule has 0 aliphatic carbocycles. The summed E-state index contributed by atoms with van der Waals surface area (Å²) in [5, 5.41) is 5.49. The van der Waals surface area contributed by atoms with Gasteiger partial charge in [-0.25, -0.2) is 4.98 Å². The number of carbonyl (C=O) groups excluding carboxylic acids is 1. The quantitative estimate of drug-likeness (QED) is 0.787. The molecule has 1 amide bonds. The molecule has 1 saturated heterocycles. The average Bonchev–Trinajstić information content (AvgIpc) is 3.13. The maximum atomic E-state index is 11.4. The number of hydrogen-bond acceptors (Lipinski definition) is 5. The molecule has 2 aromatic rings. The highest BCUT2D eigenvalue weighted by Crippen LogP contribution is 2.29. The molecule has 0 saturated carbocycles. The summed E-state index contributed by atoms with van der Waals surface area (Å²) in [4.78, 5) is 19.3. The number of nitrogens with one attached hydrogen (secondary N) is 1. The second kappa shape index (κ2) is 6.03. The van der Waals surface area contributed by atoms with Crippen molar-refractivity contribution in [1.29, 1.82) is 0 Å². The van der Waals surface area contributed by atoms with E-state index in [-0.39, 0.29) is 11.8 Å². The molecule has 1 aliphatic rings. The third-order valence-electron chi connectivity index (χ3n) is 3.95. The Bertz CT molecular complexity index is 634. The summed E-state index contributed by atoms with van der Waals surface area (Å²) in [6.45, 7) is 5.46. The van der Waals surface area contributed by atoms with Gasteiger partial charge in [-0.2, -0.15) is 0 Å². The van der Waals surface area contributed by atoms with E-state index in [0.717, 1.165) is 43.3 Å². The topological polar surface area (TPSA) is 75.7 Å². The van der Waals surface area contributed by atoms with Crippen LogP contribution < -0.4 is 16.0 Å². The van der Waals surface area contributed by atoms with Crippen LogP contribution in [0.2, 0.25) is 0 Å². The van der Waals surface area contributed by atoms with Crippen LogP contribution in [-0.4, -0.2) is 34.9 Å². The van der Waals surface area contributed by atoms with Gasteiger partial charge in [0, 0.05) is 31.2 Å². The second-order valence-corrected chi connectivity index (χ2v) is 6.32. The number of hydrogen-bond donors (Lipinski definition) is 2. The predicted octanol–water partition coefficient (Wildman–Crippen LogP) is 1.21. The highest BCUT2D eigenvalue weighted by Gasteiger charge is 2.30. The normalized spacial score (nSPS) is 18.7. The Morgan fingerprint density at radius 2 is 2.48 bits per heavy atom. The molecule has 0 aromatic carbocycles. The fourth-order valence-corrected chi connectivity index (χ4v) is 3.54. The molecule has 21 heavy (non-hydrogen) atoms. The number of carbonyl (C=O) groups is 1. The van der Waals surface area contributed by atoms with E-state index >= 15 is 0 Å². The number of aromatic nitrogens is 2. The molecule has 0 spiro atoms. The van der Waals surface area contributed by atoms with Gasteiger partial charge in [0.25, 0.3) is 0 Å². The molecule has 0 bridgehead atoms. The van der Waals surface area contributed by atoms with Crippen LogP contribution in [-0.2, 0) is 11.3 Å². The van der Waals surface area contributed by atoms with E-state index < -0.39 is 0 Å². The molecule has 3 heterocycles. The maximum absolute atomic E-state index is 11.4. The van der Waals surface area contributed by atoms with Crippen molar-refractivity contribution < 1.29 is 4.79 Å². The third-order valence-corrected chi connectivity index (χ3v) is 4.71. The number of imidazole rings is 1. The zero-order chi connectivity index (χ0) is 14.8. The first-order chi connectivity index (χ1) is 10.2. The molecule has 0 radical (unpaired) electrons. The van der Waals surface area contributed by atoms with Gasteiger partial charge in [0.1, 0.15) is 0 Å². The molecule has 1 unspecified atom stereocenters. The Balaban J connectivity index is 1.85. The lowest BCUT2D eigenvalue weighted by atomic mass is 10.1. The smallest absolute Gasteiger partial charge is 0.222 e. The van der Waals surface area contributed by atoms with Crippen LogP contribution in [0.15, 0.2) is 11.6 Å². The number of fused-ring (bicyclic) bond motifs is 1. The zero-order valence-corrected chi connectivity index (χ0v) is 13.0. The Morgan fingerprint density at radius 3 is 3.19 bits per heavy atom. The Kier molecular flexibility index (Phi) is 4.12. The highest BCUT2D eigenvalue weighted by atomic mass is 32.1. The van der Waals surface area contributed by atoms with Gasteiger partial charge in [0.2, 0.25) is 5.91 Å². The third kappa shape index (κ3) is 2.75. The van der Waals surface area contributed by atoms with Crippen molar-refractivity contribution >= 4 is 28.0 Å². The maximum Gasteiger partial charge on any atom is 0.222 e. The lowest BCUT2D eigenvalue weighted by Crippen LogP contribution is -2.28. The Morgan fingerprint density at radius 1 is 1.62 bits per heavy atom. The minimum atomic E-state index is -0.204. The van der Waals surface area contributed by atoms with Gasteiger partial charge in [0.15, 0.2) is 10.8 Å². The number of nitrogens with zero attached hydrogens (tertiary/aromatic N) is 3. The molecule has 7 heteroatoms. The molecule has 114 valence electrons. The largest absolute Gasteiger partial charge is 0.369 e. The Labute approximate surface area is 127 Å². The van der Waals surface area contributed by atoms with Crippen molar-refractivity contribution in [1.82, 2.24) is 14.7 Å². The molecule has 1 fully saturated rings. The molecule has 1 aliphatic heterocycles. The van der Waals surface area contributed by atoms with Crippen LogP contribution in [0, 0.1) is 5.92 Å². The minimum Gasteiger partial charge on any atom is -0.369 e. The fourth-order valence-electron chi connectivity index (χ4n) is 2.81. The first-order valence-electron chi connectivity index (χ1n) is 7.40. The lowest BCUT2D eigenvalue weighted by molar-refractivity contribution is -0.121. The molecule has 3 N–H and O–H groups in total. The predicted molar refractivity (Wildman–Crippen MR) is 84.6 cm³/mol. The first kappa shape index (κ1) is 14.3. The minimum absolute atomic E-state index is 0.0545.